The monoisotopic (exact) mass is 441 g/mol. The van der Waals surface area contributed by atoms with Crippen LogP contribution in [0.15, 0.2) is 66.7 Å². The molecule has 4 aromatic rings. The van der Waals surface area contributed by atoms with E-state index in [1.807, 2.05) is 24.3 Å². The molecule has 3 aromatic carbocycles. The number of hydrogen-bond donors (Lipinski definition) is 2. The molecule has 0 aliphatic heterocycles. The molecular formula is C22H23N3O5S. The summed E-state index contributed by atoms with van der Waals surface area (Å²) < 4.78 is 35.0. The van der Waals surface area contributed by atoms with Gasteiger partial charge in [0.1, 0.15) is 16.8 Å². The maximum absolute atomic E-state index is 10.0. The smallest absolute Gasteiger partial charge is 0.241 e. The summed E-state index contributed by atoms with van der Waals surface area (Å²) >= 11 is 0. The highest BCUT2D eigenvalue weighted by Gasteiger charge is 2.20. The number of anilines is 1. The van der Waals surface area contributed by atoms with Crippen LogP contribution in [0.1, 0.15) is 13.8 Å². The number of aromatic hydroxyl groups is 1. The van der Waals surface area contributed by atoms with Gasteiger partial charge in [0.25, 0.3) is 0 Å². The Bertz CT molecular complexity index is 1300. The molecule has 0 radical (unpaired) electrons. The molecule has 0 atom stereocenters. The standard InChI is InChI=1S/C22H21N3O.H2O4S/c1-3-24(4-2)17-10-12-19-21(14-17)25(16-8-6-5-7-9-16)22-15-18(26)11-13-20(22)23-19;1-5(2,3)4/h5-15H,3-4H2,1-2H3;(H2,1,2,3,4). The van der Waals surface area contributed by atoms with Crippen molar-refractivity contribution in [2.24, 2.45) is 0 Å². The van der Waals surface area contributed by atoms with Gasteiger partial charge in [0.2, 0.25) is 27.1 Å². The first kappa shape index (κ1) is 22.4. The van der Waals surface area contributed by atoms with Gasteiger partial charge in [-0.1, -0.05) is 18.2 Å². The largest absolute Gasteiger partial charge is 0.726 e. The lowest BCUT2D eigenvalue weighted by molar-refractivity contribution is -0.538. The summed E-state index contributed by atoms with van der Waals surface area (Å²) in [4.78, 5) is 7.13. The first-order chi connectivity index (χ1) is 14.7. The summed E-state index contributed by atoms with van der Waals surface area (Å²) in [5.74, 6) is 0.239. The van der Waals surface area contributed by atoms with Gasteiger partial charge in [-0.15, -0.1) is 4.57 Å². The molecule has 162 valence electrons. The highest BCUT2D eigenvalue weighted by atomic mass is 32.3. The minimum Gasteiger partial charge on any atom is -0.726 e. The normalized spacial score (nSPS) is 11.2. The number of phenols is 1. The number of para-hydroxylation sites is 1. The number of fused-ring (bicyclic) bond motifs is 2. The molecule has 0 aliphatic carbocycles. The third-order valence-corrected chi connectivity index (χ3v) is 4.78. The first-order valence-electron chi connectivity index (χ1n) is 9.68. The van der Waals surface area contributed by atoms with Gasteiger partial charge in [-0.3, -0.25) is 4.55 Å². The zero-order valence-electron chi connectivity index (χ0n) is 17.1. The molecule has 0 aliphatic rings. The Hall–Kier alpha value is -3.27. The summed E-state index contributed by atoms with van der Waals surface area (Å²) in [5, 5.41) is 10.0. The fraction of sp³-hybridized carbons (Fsp3) is 0.182. The minimum atomic E-state index is -4.92. The molecule has 0 saturated carbocycles. The van der Waals surface area contributed by atoms with Crippen LogP contribution >= 0.6 is 0 Å². The van der Waals surface area contributed by atoms with Gasteiger partial charge in [0.05, 0.1) is 6.07 Å². The lowest BCUT2D eigenvalue weighted by atomic mass is 10.2. The first-order valence-corrected chi connectivity index (χ1v) is 11.0. The maximum Gasteiger partial charge on any atom is 0.241 e. The SMILES string of the molecule is CCN(CC)c1ccc2nc3ccc(O)cc3[n+](-c3ccccc3)c2c1.O=S(=O)([O-])O. The predicted molar refractivity (Wildman–Crippen MR) is 118 cm³/mol. The van der Waals surface area contributed by atoms with Crippen LogP contribution in [0, 0.1) is 0 Å². The molecule has 9 heteroatoms. The van der Waals surface area contributed by atoms with Gasteiger partial charge in [-0.2, -0.15) is 0 Å². The molecule has 1 aromatic heterocycles. The number of nitrogens with zero attached hydrogens (tertiary/aromatic N) is 3. The summed E-state index contributed by atoms with van der Waals surface area (Å²) in [6.07, 6.45) is 0. The number of rotatable bonds is 4. The van der Waals surface area contributed by atoms with E-state index in [2.05, 4.69) is 53.6 Å². The lowest BCUT2D eigenvalue weighted by Crippen LogP contribution is -2.33. The van der Waals surface area contributed by atoms with Gasteiger partial charge in [0, 0.05) is 37.0 Å². The van der Waals surface area contributed by atoms with Crippen molar-refractivity contribution in [2.45, 2.75) is 13.8 Å². The van der Waals surface area contributed by atoms with E-state index < -0.39 is 10.4 Å². The van der Waals surface area contributed by atoms with Crippen molar-refractivity contribution in [3.8, 4) is 11.4 Å². The van der Waals surface area contributed by atoms with E-state index in [-0.39, 0.29) is 5.75 Å². The zero-order chi connectivity index (χ0) is 22.6. The van der Waals surface area contributed by atoms with Crippen molar-refractivity contribution in [1.29, 1.82) is 0 Å². The quantitative estimate of drug-likeness (QED) is 0.216. The van der Waals surface area contributed by atoms with Crippen molar-refractivity contribution in [3.63, 3.8) is 0 Å². The number of hydrogen-bond acceptors (Lipinski definition) is 6. The molecule has 0 bridgehead atoms. The highest BCUT2D eigenvalue weighted by molar-refractivity contribution is 7.79. The van der Waals surface area contributed by atoms with Crippen LogP contribution in [0.25, 0.3) is 27.8 Å². The van der Waals surface area contributed by atoms with Crippen molar-refractivity contribution >= 4 is 38.2 Å². The third-order valence-electron chi connectivity index (χ3n) is 4.78. The second-order valence-corrected chi connectivity index (χ2v) is 7.58. The molecule has 0 amide bonds. The van der Waals surface area contributed by atoms with E-state index >= 15 is 0 Å². The maximum atomic E-state index is 10.0. The average molecular weight is 442 g/mol. The van der Waals surface area contributed by atoms with Crippen molar-refractivity contribution in [3.05, 3.63) is 66.7 Å². The van der Waals surface area contributed by atoms with Crippen LogP contribution in [0.2, 0.25) is 0 Å². The van der Waals surface area contributed by atoms with Crippen LogP contribution in [0.3, 0.4) is 0 Å². The number of phenolic OH excluding ortho intramolecular Hbond substituents is 1. The van der Waals surface area contributed by atoms with E-state index in [0.717, 1.165) is 40.8 Å². The average Bonchev–Trinajstić information content (AvgIpc) is 2.72. The molecule has 0 fully saturated rings. The molecule has 4 rings (SSSR count). The fourth-order valence-electron chi connectivity index (χ4n) is 3.47. The predicted octanol–water partition coefficient (Wildman–Crippen LogP) is 3.22. The Morgan fingerprint density at radius 1 is 0.935 bits per heavy atom. The summed E-state index contributed by atoms with van der Waals surface area (Å²) in [7, 11) is -4.92. The molecule has 0 unspecified atom stereocenters. The van der Waals surface area contributed by atoms with Gasteiger partial charge in [-0.05, 0) is 38.1 Å². The van der Waals surface area contributed by atoms with Crippen LogP contribution in [-0.2, 0) is 10.4 Å². The molecule has 8 nitrogen and oxygen atoms in total. The van der Waals surface area contributed by atoms with Crippen molar-refractivity contribution in [1.82, 2.24) is 4.98 Å². The fourth-order valence-corrected chi connectivity index (χ4v) is 3.47. The van der Waals surface area contributed by atoms with Crippen molar-refractivity contribution in [2.75, 3.05) is 18.0 Å². The summed E-state index contributed by atoms with van der Waals surface area (Å²) in [6, 6.07) is 21.9. The Balaban J connectivity index is 0.000000491. The topological polar surface area (TPSA) is 118 Å². The summed E-state index contributed by atoms with van der Waals surface area (Å²) in [6.45, 7) is 6.23. The molecular weight excluding hydrogens is 418 g/mol. The Morgan fingerprint density at radius 3 is 2.06 bits per heavy atom. The molecule has 0 spiro atoms. The van der Waals surface area contributed by atoms with E-state index in [1.165, 1.54) is 5.69 Å². The molecule has 0 saturated heterocycles. The zero-order valence-corrected chi connectivity index (χ0v) is 18.0. The van der Waals surface area contributed by atoms with Crippen LogP contribution in [0.5, 0.6) is 5.75 Å². The number of aromatic nitrogens is 2. The van der Waals surface area contributed by atoms with Crippen LogP contribution in [-0.4, -0.2) is 40.7 Å². The second-order valence-electron chi connectivity index (χ2n) is 6.73. The molecule has 31 heavy (non-hydrogen) atoms. The Morgan fingerprint density at radius 2 is 1.48 bits per heavy atom. The van der Waals surface area contributed by atoms with Gasteiger partial charge >= 0.3 is 0 Å². The van der Waals surface area contributed by atoms with E-state index in [0.29, 0.717) is 0 Å². The van der Waals surface area contributed by atoms with E-state index in [1.54, 1.807) is 12.1 Å². The van der Waals surface area contributed by atoms with Gasteiger partial charge in [-0.25, -0.2) is 13.4 Å². The van der Waals surface area contributed by atoms with E-state index in [4.69, 9.17) is 22.5 Å². The molecule has 1 heterocycles. The Labute approximate surface area is 180 Å². The van der Waals surface area contributed by atoms with Crippen molar-refractivity contribution < 1.29 is 27.2 Å². The van der Waals surface area contributed by atoms with Gasteiger partial charge < -0.3 is 14.6 Å². The Kier molecular flexibility index (Phi) is 6.69. The van der Waals surface area contributed by atoms with E-state index in [9.17, 15) is 5.11 Å². The van der Waals surface area contributed by atoms with Crippen LogP contribution in [0.4, 0.5) is 5.69 Å². The lowest BCUT2D eigenvalue weighted by Gasteiger charge is -2.20. The highest BCUT2D eigenvalue weighted by Crippen LogP contribution is 2.24. The van der Waals surface area contributed by atoms with Crippen LogP contribution < -0.4 is 9.47 Å². The number of benzene rings is 3. The minimum absolute atomic E-state index is 0.239. The summed E-state index contributed by atoms with van der Waals surface area (Å²) in [5.41, 5.74) is 5.93. The molecule has 2 N–H and O–H groups in total. The third kappa shape index (κ3) is 5.46. The van der Waals surface area contributed by atoms with Gasteiger partial charge in [0.15, 0.2) is 0 Å². The second kappa shape index (κ2) is 9.25.